The van der Waals surface area contributed by atoms with Crippen LogP contribution in [0.15, 0.2) is 66.7 Å². The number of aromatic nitrogens is 1. The second-order valence-corrected chi connectivity index (χ2v) is 6.65. The minimum Gasteiger partial charge on any atom is -0.378 e. The van der Waals surface area contributed by atoms with Crippen molar-refractivity contribution in [2.24, 2.45) is 0 Å². The lowest BCUT2D eigenvalue weighted by atomic mass is 9.94. The van der Waals surface area contributed by atoms with Crippen LogP contribution in [-0.4, -0.2) is 10.1 Å². The zero-order valence-corrected chi connectivity index (χ0v) is 13.0. The molecular formula is C19H15NOS. The molecule has 2 nitrogen and oxygen atoms in total. The van der Waals surface area contributed by atoms with Gasteiger partial charge in [0.05, 0.1) is 10.2 Å². The Morgan fingerprint density at radius 1 is 0.909 bits per heavy atom. The van der Waals surface area contributed by atoms with Crippen molar-refractivity contribution in [1.82, 2.24) is 4.98 Å². The Bertz CT molecular complexity index is 938. The molecule has 4 aromatic rings. The number of aliphatic hydroxyl groups is 1. The van der Waals surface area contributed by atoms with Crippen LogP contribution in [0.2, 0.25) is 0 Å². The van der Waals surface area contributed by atoms with Gasteiger partial charge in [-0.05, 0) is 41.5 Å². The minimum absolute atomic E-state index is 0.726. The molecule has 1 atom stereocenters. The van der Waals surface area contributed by atoms with Crippen molar-refractivity contribution in [1.29, 1.82) is 0 Å². The Balaban J connectivity index is 1.86. The molecule has 0 aliphatic heterocycles. The van der Waals surface area contributed by atoms with E-state index in [2.05, 4.69) is 17.1 Å². The Labute approximate surface area is 132 Å². The zero-order valence-electron chi connectivity index (χ0n) is 12.2. The molecule has 1 aromatic heterocycles. The van der Waals surface area contributed by atoms with Crippen LogP contribution in [-0.2, 0) is 5.60 Å². The van der Waals surface area contributed by atoms with Crippen LogP contribution in [0, 0.1) is 0 Å². The second kappa shape index (κ2) is 4.90. The van der Waals surface area contributed by atoms with E-state index in [1.54, 1.807) is 11.3 Å². The molecule has 0 aliphatic rings. The van der Waals surface area contributed by atoms with Crippen LogP contribution in [0.25, 0.3) is 21.0 Å². The lowest BCUT2D eigenvalue weighted by Crippen LogP contribution is -2.22. The lowest BCUT2D eigenvalue weighted by Gasteiger charge is -2.21. The summed E-state index contributed by atoms with van der Waals surface area (Å²) in [6.07, 6.45) is 0. The van der Waals surface area contributed by atoms with Crippen LogP contribution in [0.3, 0.4) is 0 Å². The number of thiazole rings is 1. The van der Waals surface area contributed by atoms with Gasteiger partial charge in [-0.15, -0.1) is 11.3 Å². The molecule has 0 spiro atoms. The molecule has 0 radical (unpaired) electrons. The van der Waals surface area contributed by atoms with E-state index in [0.29, 0.717) is 0 Å². The summed E-state index contributed by atoms with van der Waals surface area (Å²) in [6.45, 7) is 1.81. The van der Waals surface area contributed by atoms with E-state index in [9.17, 15) is 5.11 Å². The summed E-state index contributed by atoms with van der Waals surface area (Å²) in [5.74, 6) is 0. The first-order valence-corrected chi connectivity index (χ1v) is 8.04. The standard InChI is InChI=1S/C19H15NOS/c1-19(21,18-20-16-8-4-5-9-17(16)22-18)15-11-10-13-6-2-3-7-14(13)12-15/h2-12,21H,1H3. The van der Waals surface area contributed by atoms with E-state index in [4.69, 9.17) is 0 Å². The van der Waals surface area contributed by atoms with Crippen molar-refractivity contribution in [2.75, 3.05) is 0 Å². The predicted molar refractivity (Wildman–Crippen MR) is 92.2 cm³/mol. The van der Waals surface area contributed by atoms with Gasteiger partial charge in [0.15, 0.2) is 0 Å². The maximum Gasteiger partial charge on any atom is 0.138 e. The van der Waals surface area contributed by atoms with Gasteiger partial charge in [0.1, 0.15) is 10.6 Å². The Morgan fingerprint density at radius 2 is 1.64 bits per heavy atom. The van der Waals surface area contributed by atoms with Gasteiger partial charge in [-0.3, -0.25) is 0 Å². The van der Waals surface area contributed by atoms with Crippen LogP contribution < -0.4 is 0 Å². The smallest absolute Gasteiger partial charge is 0.138 e. The summed E-state index contributed by atoms with van der Waals surface area (Å²) in [4.78, 5) is 4.61. The molecule has 22 heavy (non-hydrogen) atoms. The first-order valence-electron chi connectivity index (χ1n) is 7.22. The molecule has 0 fully saturated rings. The molecule has 0 saturated heterocycles. The van der Waals surface area contributed by atoms with Crippen molar-refractivity contribution < 1.29 is 5.11 Å². The lowest BCUT2D eigenvalue weighted by molar-refractivity contribution is 0.102. The highest BCUT2D eigenvalue weighted by molar-refractivity contribution is 7.18. The van der Waals surface area contributed by atoms with E-state index in [0.717, 1.165) is 26.2 Å². The van der Waals surface area contributed by atoms with Crippen molar-refractivity contribution in [3.8, 4) is 0 Å². The summed E-state index contributed by atoms with van der Waals surface area (Å²) < 4.78 is 1.10. The summed E-state index contributed by atoms with van der Waals surface area (Å²) in [6, 6.07) is 22.2. The van der Waals surface area contributed by atoms with Gasteiger partial charge in [0.2, 0.25) is 0 Å². The fourth-order valence-electron chi connectivity index (χ4n) is 2.70. The van der Waals surface area contributed by atoms with Gasteiger partial charge in [0.25, 0.3) is 0 Å². The third-order valence-corrected chi connectivity index (χ3v) is 5.27. The molecule has 3 heteroatoms. The average molecular weight is 305 g/mol. The van der Waals surface area contributed by atoms with E-state index < -0.39 is 5.60 Å². The quantitative estimate of drug-likeness (QED) is 0.582. The van der Waals surface area contributed by atoms with Gasteiger partial charge in [-0.1, -0.05) is 48.5 Å². The molecule has 0 aliphatic carbocycles. The fourth-order valence-corrected chi connectivity index (χ4v) is 3.73. The van der Waals surface area contributed by atoms with Gasteiger partial charge in [0, 0.05) is 0 Å². The number of fused-ring (bicyclic) bond motifs is 2. The third kappa shape index (κ3) is 2.10. The van der Waals surface area contributed by atoms with E-state index >= 15 is 0 Å². The highest BCUT2D eigenvalue weighted by Gasteiger charge is 2.29. The summed E-state index contributed by atoms with van der Waals surface area (Å²) in [7, 11) is 0. The maximum atomic E-state index is 11.1. The number of hydrogen-bond acceptors (Lipinski definition) is 3. The molecule has 4 rings (SSSR count). The van der Waals surface area contributed by atoms with Crippen molar-refractivity contribution in [3.63, 3.8) is 0 Å². The topological polar surface area (TPSA) is 33.1 Å². The number of rotatable bonds is 2. The SMILES string of the molecule is CC(O)(c1ccc2ccccc2c1)c1nc2ccccc2s1. The average Bonchev–Trinajstić information content (AvgIpc) is 2.99. The monoisotopic (exact) mass is 305 g/mol. The number of benzene rings is 3. The Hall–Kier alpha value is -2.23. The van der Waals surface area contributed by atoms with Crippen molar-refractivity contribution in [3.05, 3.63) is 77.3 Å². The second-order valence-electron chi connectivity index (χ2n) is 5.62. The Morgan fingerprint density at radius 3 is 2.45 bits per heavy atom. The first-order chi connectivity index (χ1) is 10.6. The van der Waals surface area contributed by atoms with Crippen molar-refractivity contribution in [2.45, 2.75) is 12.5 Å². The van der Waals surface area contributed by atoms with E-state index in [1.807, 2.05) is 61.5 Å². The predicted octanol–water partition coefficient (Wildman–Crippen LogP) is 4.71. The van der Waals surface area contributed by atoms with E-state index in [-0.39, 0.29) is 0 Å². The molecule has 0 saturated carbocycles. The summed E-state index contributed by atoms with van der Waals surface area (Å²) in [5, 5.41) is 14.1. The maximum absolute atomic E-state index is 11.1. The van der Waals surface area contributed by atoms with Crippen LogP contribution >= 0.6 is 11.3 Å². The van der Waals surface area contributed by atoms with Crippen LogP contribution in [0.5, 0.6) is 0 Å². The van der Waals surface area contributed by atoms with Crippen molar-refractivity contribution >= 4 is 32.3 Å². The highest BCUT2D eigenvalue weighted by Crippen LogP contribution is 2.35. The molecule has 1 N–H and O–H groups in total. The Kier molecular flexibility index (Phi) is 2.99. The first kappa shape index (κ1) is 13.4. The summed E-state index contributed by atoms with van der Waals surface area (Å²) >= 11 is 1.54. The molecule has 3 aromatic carbocycles. The van der Waals surface area contributed by atoms with Crippen LogP contribution in [0.4, 0.5) is 0 Å². The molecule has 0 bridgehead atoms. The normalized spacial score (nSPS) is 14.3. The molecule has 1 unspecified atom stereocenters. The van der Waals surface area contributed by atoms with Crippen LogP contribution in [0.1, 0.15) is 17.5 Å². The summed E-state index contributed by atoms with van der Waals surface area (Å²) in [5.41, 5.74) is 0.710. The van der Waals surface area contributed by atoms with Gasteiger partial charge in [-0.25, -0.2) is 4.98 Å². The molecule has 0 amide bonds. The molecule has 1 heterocycles. The minimum atomic E-state index is -1.09. The number of para-hydroxylation sites is 1. The number of hydrogen-bond donors (Lipinski definition) is 1. The van der Waals surface area contributed by atoms with Gasteiger partial charge < -0.3 is 5.11 Å². The molecule has 108 valence electrons. The van der Waals surface area contributed by atoms with Gasteiger partial charge in [-0.2, -0.15) is 0 Å². The largest absolute Gasteiger partial charge is 0.378 e. The third-order valence-electron chi connectivity index (χ3n) is 4.02. The van der Waals surface area contributed by atoms with Gasteiger partial charge >= 0.3 is 0 Å². The zero-order chi connectivity index (χ0) is 15.2. The van der Waals surface area contributed by atoms with E-state index in [1.165, 1.54) is 5.39 Å². The highest BCUT2D eigenvalue weighted by atomic mass is 32.1. The fraction of sp³-hybridized carbons (Fsp3) is 0.105. The molecular weight excluding hydrogens is 290 g/mol. The number of nitrogens with zero attached hydrogens (tertiary/aromatic N) is 1.